The van der Waals surface area contributed by atoms with E-state index in [2.05, 4.69) is 10.3 Å². The quantitative estimate of drug-likeness (QED) is 0.731. The molecule has 3 amide bonds. The molecule has 1 saturated heterocycles. The van der Waals surface area contributed by atoms with Crippen molar-refractivity contribution in [2.45, 2.75) is 19.0 Å². The number of nitriles is 1. The Kier molecular flexibility index (Phi) is 3.85. The van der Waals surface area contributed by atoms with Gasteiger partial charge in [-0.3, -0.25) is 14.7 Å². The maximum atomic E-state index is 13.1. The van der Waals surface area contributed by atoms with Crippen molar-refractivity contribution >= 4 is 22.8 Å². The van der Waals surface area contributed by atoms with Gasteiger partial charge in [-0.2, -0.15) is 5.26 Å². The van der Waals surface area contributed by atoms with Gasteiger partial charge in [0.25, 0.3) is 5.91 Å². The van der Waals surface area contributed by atoms with Crippen LogP contribution in [0.15, 0.2) is 60.8 Å². The van der Waals surface area contributed by atoms with E-state index < -0.39 is 11.6 Å². The number of pyridine rings is 1. The molecule has 0 unspecified atom stereocenters. The minimum Gasteiger partial charge on any atom is -0.319 e. The third kappa shape index (κ3) is 2.70. The van der Waals surface area contributed by atoms with Crippen molar-refractivity contribution in [3.05, 3.63) is 77.5 Å². The van der Waals surface area contributed by atoms with Gasteiger partial charge < -0.3 is 5.32 Å². The number of imide groups is 1. The minimum absolute atomic E-state index is 0.144. The Morgan fingerprint density at radius 2 is 1.85 bits per heavy atom. The number of urea groups is 1. The lowest BCUT2D eigenvalue weighted by Crippen LogP contribution is -2.40. The van der Waals surface area contributed by atoms with Crippen LogP contribution in [0.4, 0.5) is 4.79 Å². The van der Waals surface area contributed by atoms with Crippen LogP contribution in [0.5, 0.6) is 0 Å². The predicted molar refractivity (Wildman–Crippen MR) is 99.3 cm³/mol. The van der Waals surface area contributed by atoms with Gasteiger partial charge in [0.05, 0.1) is 23.7 Å². The van der Waals surface area contributed by atoms with Gasteiger partial charge in [-0.1, -0.05) is 36.4 Å². The number of benzene rings is 2. The van der Waals surface area contributed by atoms with E-state index in [1.165, 1.54) is 4.90 Å². The molecule has 0 aliphatic carbocycles. The van der Waals surface area contributed by atoms with Crippen LogP contribution < -0.4 is 5.32 Å². The molecule has 6 heteroatoms. The number of aromatic nitrogens is 1. The number of carbonyl (C=O) groups excluding carboxylic acids is 2. The van der Waals surface area contributed by atoms with Crippen molar-refractivity contribution in [3.63, 3.8) is 0 Å². The Bertz CT molecular complexity index is 1100. The zero-order chi connectivity index (χ0) is 19.0. The summed E-state index contributed by atoms with van der Waals surface area (Å²) in [4.78, 5) is 31.2. The van der Waals surface area contributed by atoms with Crippen LogP contribution in [-0.2, 0) is 16.9 Å². The highest BCUT2D eigenvalue weighted by Crippen LogP contribution is 2.30. The molecule has 2 aromatic carbocycles. The number of para-hydroxylation sites is 1. The molecule has 0 spiro atoms. The molecular weight excluding hydrogens is 340 g/mol. The summed E-state index contributed by atoms with van der Waals surface area (Å²) in [5, 5.41) is 12.7. The molecule has 4 rings (SSSR count). The van der Waals surface area contributed by atoms with Crippen molar-refractivity contribution < 1.29 is 9.59 Å². The highest BCUT2D eigenvalue weighted by molar-refractivity contribution is 6.07. The van der Waals surface area contributed by atoms with Crippen LogP contribution >= 0.6 is 0 Å². The molecule has 2 heterocycles. The number of nitrogens with one attached hydrogen (secondary N) is 1. The third-order valence-corrected chi connectivity index (χ3v) is 4.91. The molecule has 0 bridgehead atoms. The van der Waals surface area contributed by atoms with Crippen molar-refractivity contribution in [2.75, 3.05) is 0 Å². The first-order valence-electron chi connectivity index (χ1n) is 8.50. The van der Waals surface area contributed by atoms with Crippen molar-refractivity contribution in [1.29, 1.82) is 5.26 Å². The average Bonchev–Trinajstić information content (AvgIpc) is 2.92. The molecule has 1 N–H and O–H groups in total. The lowest BCUT2D eigenvalue weighted by molar-refractivity contribution is -0.131. The summed E-state index contributed by atoms with van der Waals surface area (Å²) < 4.78 is 0. The molecule has 132 valence electrons. The van der Waals surface area contributed by atoms with Crippen LogP contribution in [0.25, 0.3) is 10.9 Å². The van der Waals surface area contributed by atoms with Crippen LogP contribution in [0, 0.1) is 11.3 Å². The van der Waals surface area contributed by atoms with Gasteiger partial charge in [0, 0.05) is 11.6 Å². The highest BCUT2D eigenvalue weighted by atomic mass is 16.2. The first kappa shape index (κ1) is 16.7. The van der Waals surface area contributed by atoms with E-state index in [-0.39, 0.29) is 12.5 Å². The van der Waals surface area contributed by atoms with E-state index in [1.54, 1.807) is 37.4 Å². The van der Waals surface area contributed by atoms with E-state index in [4.69, 9.17) is 5.26 Å². The molecule has 1 aromatic heterocycles. The number of hydrogen-bond donors (Lipinski definition) is 1. The molecule has 3 aromatic rings. The molecule has 27 heavy (non-hydrogen) atoms. The maximum Gasteiger partial charge on any atom is 0.325 e. The fourth-order valence-electron chi connectivity index (χ4n) is 3.38. The van der Waals surface area contributed by atoms with Gasteiger partial charge in [0.15, 0.2) is 0 Å². The summed E-state index contributed by atoms with van der Waals surface area (Å²) in [5.41, 5.74) is 1.55. The van der Waals surface area contributed by atoms with E-state index in [1.807, 2.05) is 36.4 Å². The Labute approximate surface area is 156 Å². The topological polar surface area (TPSA) is 86.1 Å². The summed E-state index contributed by atoms with van der Waals surface area (Å²) in [7, 11) is 0. The van der Waals surface area contributed by atoms with Crippen LogP contribution in [0.3, 0.4) is 0 Å². The predicted octanol–water partition coefficient (Wildman–Crippen LogP) is 3.07. The first-order chi connectivity index (χ1) is 13.0. The van der Waals surface area contributed by atoms with E-state index in [9.17, 15) is 9.59 Å². The highest BCUT2D eigenvalue weighted by Gasteiger charge is 2.48. The Morgan fingerprint density at radius 3 is 2.59 bits per heavy atom. The summed E-state index contributed by atoms with van der Waals surface area (Å²) in [5.74, 6) is -0.329. The van der Waals surface area contributed by atoms with E-state index in [0.717, 1.165) is 16.5 Å². The van der Waals surface area contributed by atoms with Gasteiger partial charge >= 0.3 is 6.03 Å². The third-order valence-electron chi connectivity index (χ3n) is 4.91. The monoisotopic (exact) mass is 356 g/mol. The first-order valence-corrected chi connectivity index (χ1v) is 8.50. The van der Waals surface area contributed by atoms with E-state index >= 15 is 0 Å². The second-order valence-corrected chi connectivity index (χ2v) is 6.63. The fourth-order valence-corrected chi connectivity index (χ4v) is 3.38. The van der Waals surface area contributed by atoms with Gasteiger partial charge in [-0.05, 0) is 36.2 Å². The van der Waals surface area contributed by atoms with Crippen molar-refractivity contribution in [1.82, 2.24) is 15.2 Å². The molecule has 1 fully saturated rings. The Balaban J connectivity index is 1.67. The molecule has 0 radical (unpaired) electrons. The van der Waals surface area contributed by atoms with Crippen LogP contribution in [-0.4, -0.2) is 21.8 Å². The number of carbonyl (C=O) groups is 2. The average molecular weight is 356 g/mol. The van der Waals surface area contributed by atoms with Gasteiger partial charge in [-0.15, -0.1) is 0 Å². The lowest BCUT2D eigenvalue weighted by atomic mass is 9.91. The van der Waals surface area contributed by atoms with E-state index in [0.29, 0.717) is 11.1 Å². The zero-order valence-corrected chi connectivity index (χ0v) is 14.6. The number of fused-ring (bicyclic) bond motifs is 1. The number of hydrogen-bond acceptors (Lipinski definition) is 4. The molecule has 0 saturated carbocycles. The summed E-state index contributed by atoms with van der Waals surface area (Å²) in [6.45, 7) is 1.82. The second-order valence-electron chi connectivity index (χ2n) is 6.63. The largest absolute Gasteiger partial charge is 0.325 e. The molecular formula is C21H16N4O2. The lowest BCUT2D eigenvalue weighted by Gasteiger charge is -2.22. The van der Waals surface area contributed by atoms with Gasteiger partial charge in [0.1, 0.15) is 5.54 Å². The normalized spacial score (nSPS) is 19.2. The van der Waals surface area contributed by atoms with Crippen LogP contribution in [0.1, 0.15) is 23.6 Å². The fraction of sp³-hybridized carbons (Fsp3) is 0.143. The summed E-state index contributed by atoms with van der Waals surface area (Å²) in [6.07, 6.45) is 1.69. The minimum atomic E-state index is -1.16. The Hall–Kier alpha value is -3.72. The van der Waals surface area contributed by atoms with Gasteiger partial charge in [0.2, 0.25) is 0 Å². The zero-order valence-electron chi connectivity index (χ0n) is 14.6. The Morgan fingerprint density at radius 1 is 1.11 bits per heavy atom. The second kappa shape index (κ2) is 6.22. The van der Waals surface area contributed by atoms with Crippen molar-refractivity contribution in [2.24, 2.45) is 0 Å². The number of rotatable bonds is 3. The van der Waals surface area contributed by atoms with Crippen LogP contribution in [0.2, 0.25) is 0 Å². The molecule has 6 nitrogen and oxygen atoms in total. The van der Waals surface area contributed by atoms with Gasteiger partial charge in [-0.25, -0.2) is 4.79 Å². The number of amides is 3. The summed E-state index contributed by atoms with van der Waals surface area (Å²) in [6, 6.07) is 17.8. The maximum absolute atomic E-state index is 13.1. The standard InChI is InChI=1S/C21H16N4O2/c1-21(17-9-7-14(12-22)8-10-17)19(26)25(20(27)24-21)13-16-5-2-4-15-6-3-11-23-18(15)16/h2-11H,13H2,1H3,(H,24,27)/t21-/m0/s1. The number of nitrogens with zero attached hydrogens (tertiary/aromatic N) is 3. The smallest absolute Gasteiger partial charge is 0.319 e. The summed E-state index contributed by atoms with van der Waals surface area (Å²) >= 11 is 0. The molecule has 1 aliphatic heterocycles. The SMILES string of the molecule is C[C@@]1(c2ccc(C#N)cc2)NC(=O)N(Cc2cccc3cccnc23)C1=O. The molecule has 1 aliphatic rings. The molecule has 1 atom stereocenters. The van der Waals surface area contributed by atoms with Crippen molar-refractivity contribution in [3.8, 4) is 6.07 Å².